The molecular formula is C16H16N6OS. The highest BCUT2D eigenvalue weighted by molar-refractivity contribution is 7.99. The molecule has 0 unspecified atom stereocenters. The number of amides is 1. The van der Waals surface area contributed by atoms with Gasteiger partial charge in [-0.2, -0.15) is 10.2 Å². The molecule has 0 spiro atoms. The summed E-state index contributed by atoms with van der Waals surface area (Å²) in [6, 6.07) is 11.4. The fourth-order valence-corrected chi connectivity index (χ4v) is 2.84. The third-order valence-electron chi connectivity index (χ3n) is 3.00. The number of hydrogen-bond donors (Lipinski definition) is 3. The molecule has 3 aromatic rings. The lowest BCUT2D eigenvalue weighted by Crippen LogP contribution is -2.05. The minimum Gasteiger partial charge on any atom is -0.326 e. The first kappa shape index (κ1) is 16.0. The maximum absolute atomic E-state index is 11.0. The van der Waals surface area contributed by atoms with Crippen molar-refractivity contribution in [3.8, 4) is 0 Å². The second kappa shape index (κ2) is 7.14. The van der Waals surface area contributed by atoms with Crippen molar-refractivity contribution in [2.24, 2.45) is 0 Å². The summed E-state index contributed by atoms with van der Waals surface area (Å²) in [5, 5.41) is 20.9. The zero-order chi connectivity index (χ0) is 16.9. The normalized spacial score (nSPS) is 10.4. The molecule has 1 amide bonds. The summed E-state index contributed by atoms with van der Waals surface area (Å²) in [5.41, 5.74) is 1.74. The van der Waals surface area contributed by atoms with Gasteiger partial charge in [0.15, 0.2) is 11.6 Å². The largest absolute Gasteiger partial charge is 0.326 e. The molecule has 1 aromatic carbocycles. The Morgan fingerprint density at radius 1 is 1.12 bits per heavy atom. The van der Waals surface area contributed by atoms with E-state index in [1.54, 1.807) is 18.0 Å². The third-order valence-corrected chi connectivity index (χ3v) is 3.97. The van der Waals surface area contributed by atoms with Crippen LogP contribution in [-0.2, 0) is 4.79 Å². The molecule has 0 radical (unpaired) electrons. The van der Waals surface area contributed by atoms with Gasteiger partial charge in [0, 0.05) is 34.2 Å². The molecule has 122 valence electrons. The molecule has 0 saturated heterocycles. The van der Waals surface area contributed by atoms with Gasteiger partial charge in [0.05, 0.1) is 6.20 Å². The average molecular weight is 340 g/mol. The number of hydrogen-bond acceptors (Lipinski definition) is 6. The summed E-state index contributed by atoms with van der Waals surface area (Å²) in [6.45, 7) is 3.42. The molecule has 0 bridgehead atoms. The Kier molecular flexibility index (Phi) is 4.76. The molecule has 24 heavy (non-hydrogen) atoms. The molecule has 3 rings (SSSR count). The Labute approximate surface area is 143 Å². The molecule has 0 aliphatic heterocycles. The molecule has 0 aliphatic rings. The van der Waals surface area contributed by atoms with Crippen molar-refractivity contribution in [3.63, 3.8) is 0 Å². The number of carbonyl (C=O) groups excluding carboxylic acids is 1. The summed E-state index contributed by atoms with van der Waals surface area (Å²) < 4.78 is 0. The van der Waals surface area contributed by atoms with E-state index in [0.29, 0.717) is 11.6 Å². The average Bonchev–Trinajstić information content (AvgIpc) is 2.94. The van der Waals surface area contributed by atoms with Crippen LogP contribution in [0.4, 0.5) is 17.3 Å². The van der Waals surface area contributed by atoms with Crippen LogP contribution in [0.3, 0.4) is 0 Å². The zero-order valence-electron chi connectivity index (χ0n) is 13.2. The van der Waals surface area contributed by atoms with E-state index < -0.39 is 0 Å². The van der Waals surface area contributed by atoms with Gasteiger partial charge < -0.3 is 10.6 Å². The van der Waals surface area contributed by atoms with Crippen LogP contribution in [0.15, 0.2) is 52.4 Å². The number of benzene rings is 1. The van der Waals surface area contributed by atoms with Crippen molar-refractivity contribution in [1.82, 2.24) is 20.4 Å². The fourth-order valence-electron chi connectivity index (χ4n) is 2.02. The van der Waals surface area contributed by atoms with Gasteiger partial charge in [0.2, 0.25) is 5.91 Å². The molecular weight excluding hydrogens is 324 g/mol. The zero-order valence-corrected chi connectivity index (χ0v) is 14.0. The fraction of sp³-hybridized carbons (Fsp3) is 0.125. The van der Waals surface area contributed by atoms with Crippen LogP contribution in [-0.4, -0.2) is 26.3 Å². The van der Waals surface area contributed by atoms with Crippen molar-refractivity contribution < 1.29 is 4.79 Å². The number of nitrogens with zero attached hydrogens (tertiary/aromatic N) is 3. The minimum atomic E-state index is -0.0851. The van der Waals surface area contributed by atoms with Crippen molar-refractivity contribution in [2.75, 3.05) is 10.6 Å². The van der Waals surface area contributed by atoms with Crippen molar-refractivity contribution in [1.29, 1.82) is 0 Å². The first-order chi connectivity index (χ1) is 11.6. The summed E-state index contributed by atoms with van der Waals surface area (Å²) in [7, 11) is 0. The lowest BCUT2D eigenvalue weighted by molar-refractivity contribution is -0.114. The first-order valence-corrected chi connectivity index (χ1v) is 8.07. The highest BCUT2D eigenvalue weighted by atomic mass is 32.2. The lowest BCUT2D eigenvalue weighted by Gasteiger charge is -2.06. The highest BCUT2D eigenvalue weighted by Crippen LogP contribution is 2.29. The maximum atomic E-state index is 11.0. The van der Waals surface area contributed by atoms with Gasteiger partial charge >= 0.3 is 0 Å². The van der Waals surface area contributed by atoms with E-state index in [-0.39, 0.29) is 5.91 Å². The van der Waals surface area contributed by atoms with Crippen LogP contribution in [0, 0.1) is 6.92 Å². The Balaban J connectivity index is 1.69. The number of carbonyl (C=O) groups is 1. The minimum absolute atomic E-state index is 0.0851. The standard InChI is InChI=1S/C16H16N6OS/c1-10-7-15(22-20-10)19-16-8-14(9-17-21-16)24-13-5-3-12(4-6-13)18-11(2)23/h3-9H,1-2H3,(H,18,23)(H2,19,20,21,22). The Morgan fingerprint density at radius 3 is 2.58 bits per heavy atom. The first-order valence-electron chi connectivity index (χ1n) is 7.26. The van der Waals surface area contributed by atoms with Gasteiger partial charge in [-0.05, 0) is 37.3 Å². The smallest absolute Gasteiger partial charge is 0.221 e. The number of nitrogens with one attached hydrogen (secondary N) is 3. The van der Waals surface area contributed by atoms with Crippen molar-refractivity contribution >= 4 is 35.0 Å². The second-order valence-electron chi connectivity index (χ2n) is 5.15. The summed E-state index contributed by atoms with van der Waals surface area (Å²) in [4.78, 5) is 13.0. The Morgan fingerprint density at radius 2 is 1.92 bits per heavy atom. The van der Waals surface area contributed by atoms with Crippen LogP contribution < -0.4 is 10.6 Å². The third kappa shape index (κ3) is 4.32. The SMILES string of the molecule is CC(=O)Nc1ccc(Sc2cnnc(Nc3cc(C)[nH]n3)c2)cc1. The molecule has 3 N–H and O–H groups in total. The van der Waals surface area contributed by atoms with Crippen LogP contribution >= 0.6 is 11.8 Å². The van der Waals surface area contributed by atoms with E-state index in [4.69, 9.17) is 0 Å². The molecule has 7 nitrogen and oxygen atoms in total. The van der Waals surface area contributed by atoms with Gasteiger partial charge in [-0.15, -0.1) is 5.10 Å². The van der Waals surface area contributed by atoms with Gasteiger partial charge in [0.25, 0.3) is 0 Å². The van der Waals surface area contributed by atoms with Crippen LogP contribution in [0.5, 0.6) is 0 Å². The van der Waals surface area contributed by atoms with E-state index in [1.807, 2.05) is 43.3 Å². The van der Waals surface area contributed by atoms with E-state index in [2.05, 4.69) is 31.0 Å². The predicted octanol–water partition coefficient (Wildman–Crippen LogP) is 3.36. The Bertz CT molecular complexity index is 846. The maximum Gasteiger partial charge on any atom is 0.221 e. The van der Waals surface area contributed by atoms with Gasteiger partial charge in [-0.1, -0.05) is 11.8 Å². The number of H-pyrrole nitrogens is 1. The van der Waals surface area contributed by atoms with Gasteiger partial charge in [0.1, 0.15) is 0 Å². The molecule has 0 saturated carbocycles. The van der Waals surface area contributed by atoms with Crippen LogP contribution in [0.25, 0.3) is 0 Å². The molecule has 0 aliphatic carbocycles. The van der Waals surface area contributed by atoms with Crippen LogP contribution in [0.2, 0.25) is 0 Å². The van der Waals surface area contributed by atoms with Gasteiger partial charge in [-0.25, -0.2) is 0 Å². The topological polar surface area (TPSA) is 95.6 Å². The molecule has 0 fully saturated rings. The number of rotatable bonds is 5. The number of aryl methyl sites for hydroxylation is 1. The quantitative estimate of drug-likeness (QED) is 0.659. The van der Waals surface area contributed by atoms with Crippen molar-refractivity contribution in [3.05, 3.63) is 48.3 Å². The molecule has 8 heteroatoms. The Hall–Kier alpha value is -2.87. The molecule has 2 aromatic heterocycles. The second-order valence-corrected chi connectivity index (χ2v) is 6.29. The predicted molar refractivity (Wildman–Crippen MR) is 93.5 cm³/mol. The number of aromatic nitrogens is 4. The van der Waals surface area contributed by atoms with E-state index in [0.717, 1.165) is 21.2 Å². The number of anilines is 3. The van der Waals surface area contributed by atoms with E-state index >= 15 is 0 Å². The molecule has 2 heterocycles. The highest BCUT2D eigenvalue weighted by Gasteiger charge is 2.04. The number of aromatic amines is 1. The summed E-state index contributed by atoms with van der Waals surface area (Å²) in [6.07, 6.45) is 1.70. The van der Waals surface area contributed by atoms with Crippen LogP contribution in [0.1, 0.15) is 12.6 Å². The van der Waals surface area contributed by atoms with E-state index in [1.165, 1.54) is 6.92 Å². The van der Waals surface area contributed by atoms with E-state index in [9.17, 15) is 4.79 Å². The lowest BCUT2D eigenvalue weighted by atomic mass is 10.3. The van der Waals surface area contributed by atoms with Gasteiger partial charge in [-0.3, -0.25) is 9.89 Å². The summed E-state index contributed by atoms with van der Waals surface area (Å²) >= 11 is 1.56. The molecule has 0 atom stereocenters. The monoisotopic (exact) mass is 340 g/mol. The van der Waals surface area contributed by atoms with Crippen molar-refractivity contribution in [2.45, 2.75) is 23.6 Å². The summed E-state index contributed by atoms with van der Waals surface area (Å²) in [5.74, 6) is 1.24.